The molecule has 0 radical (unpaired) electrons. The summed E-state index contributed by atoms with van der Waals surface area (Å²) in [5.74, 6) is 0.918. The zero-order valence-corrected chi connectivity index (χ0v) is 8.40. The molecule has 0 aromatic rings. The third kappa shape index (κ3) is 1.52. The molecule has 0 aliphatic heterocycles. The lowest BCUT2D eigenvalue weighted by Crippen LogP contribution is -2.25. The lowest BCUT2D eigenvalue weighted by molar-refractivity contribution is 0.440. The highest BCUT2D eigenvalue weighted by Gasteiger charge is 2.62. The second-order valence-electron chi connectivity index (χ2n) is 4.71. The van der Waals surface area contributed by atoms with E-state index in [0.717, 1.165) is 17.4 Å². The highest BCUT2D eigenvalue weighted by atomic mass is 15.0. The van der Waals surface area contributed by atoms with E-state index in [1.807, 2.05) is 0 Å². The molecule has 2 aliphatic rings. The van der Waals surface area contributed by atoms with Crippen LogP contribution in [0.25, 0.3) is 0 Å². The molecule has 2 saturated carbocycles. The van der Waals surface area contributed by atoms with Crippen LogP contribution >= 0.6 is 0 Å². The Hall–Kier alpha value is -0.0400. The predicted octanol–water partition coefficient (Wildman–Crippen LogP) is 2.56. The van der Waals surface area contributed by atoms with Crippen molar-refractivity contribution >= 4 is 0 Å². The summed E-state index contributed by atoms with van der Waals surface area (Å²) in [4.78, 5) is 0. The molecule has 2 rings (SSSR count). The Labute approximate surface area is 75.9 Å². The lowest BCUT2D eigenvalue weighted by Gasteiger charge is -2.12. The van der Waals surface area contributed by atoms with Crippen LogP contribution in [0.15, 0.2) is 0 Å². The summed E-state index contributed by atoms with van der Waals surface area (Å²) >= 11 is 0. The van der Waals surface area contributed by atoms with E-state index in [2.05, 4.69) is 19.2 Å². The average molecular weight is 167 g/mol. The molecule has 0 unspecified atom stereocenters. The first-order chi connectivity index (χ1) is 5.80. The van der Waals surface area contributed by atoms with Crippen LogP contribution in [0.4, 0.5) is 0 Å². The molecule has 0 aromatic carbocycles. The predicted molar refractivity (Wildman–Crippen MR) is 52.1 cm³/mol. The van der Waals surface area contributed by atoms with Crippen molar-refractivity contribution < 1.29 is 0 Å². The standard InChI is InChI=1S/C11H21N/c1-3-9(4-2)8-12-10-7-11(10)5-6-11/h9-10,12H,3-8H2,1-2H3/t10-/m1/s1. The van der Waals surface area contributed by atoms with Gasteiger partial charge in [0.25, 0.3) is 0 Å². The first-order valence-electron chi connectivity index (χ1n) is 5.54. The van der Waals surface area contributed by atoms with Crippen molar-refractivity contribution in [2.75, 3.05) is 6.54 Å². The topological polar surface area (TPSA) is 12.0 Å². The SMILES string of the molecule is CCC(CC)CN[C@@H]1CC12CC2. The number of rotatable bonds is 5. The minimum atomic E-state index is 0.839. The van der Waals surface area contributed by atoms with Crippen molar-refractivity contribution in [3.05, 3.63) is 0 Å². The van der Waals surface area contributed by atoms with Crippen molar-refractivity contribution in [1.82, 2.24) is 5.32 Å². The summed E-state index contributed by atoms with van der Waals surface area (Å²) in [5.41, 5.74) is 0.839. The molecule has 70 valence electrons. The van der Waals surface area contributed by atoms with Gasteiger partial charge in [0.1, 0.15) is 0 Å². The van der Waals surface area contributed by atoms with Crippen molar-refractivity contribution in [2.24, 2.45) is 11.3 Å². The molecule has 2 aliphatic carbocycles. The maximum Gasteiger partial charge on any atom is 0.0130 e. The van der Waals surface area contributed by atoms with Gasteiger partial charge in [-0.3, -0.25) is 0 Å². The Bertz CT molecular complexity index is 154. The smallest absolute Gasteiger partial charge is 0.0130 e. The molecule has 1 heteroatoms. The van der Waals surface area contributed by atoms with Crippen molar-refractivity contribution in [1.29, 1.82) is 0 Å². The average Bonchev–Trinajstić information content (AvgIpc) is 2.97. The maximum absolute atomic E-state index is 3.71. The minimum Gasteiger partial charge on any atom is -0.313 e. The molecule has 0 aromatic heterocycles. The van der Waals surface area contributed by atoms with E-state index < -0.39 is 0 Å². The summed E-state index contributed by atoms with van der Waals surface area (Å²) in [6.07, 6.45) is 7.17. The zero-order chi connectivity index (χ0) is 8.60. The number of hydrogen-bond acceptors (Lipinski definition) is 1. The molecule has 0 bridgehead atoms. The van der Waals surface area contributed by atoms with Gasteiger partial charge in [-0.1, -0.05) is 26.7 Å². The Morgan fingerprint density at radius 2 is 2.00 bits per heavy atom. The maximum atomic E-state index is 3.71. The van der Waals surface area contributed by atoms with Gasteiger partial charge in [-0.05, 0) is 37.1 Å². The van der Waals surface area contributed by atoms with Crippen molar-refractivity contribution in [3.8, 4) is 0 Å². The van der Waals surface area contributed by atoms with Crippen LogP contribution in [-0.4, -0.2) is 12.6 Å². The quantitative estimate of drug-likeness (QED) is 0.663. The van der Waals surface area contributed by atoms with E-state index in [0.29, 0.717) is 0 Å². The fourth-order valence-electron chi connectivity index (χ4n) is 2.24. The largest absolute Gasteiger partial charge is 0.313 e. The summed E-state index contributed by atoms with van der Waals surface area (Å²) in [6, 6.07) is 0.915. The van der Waals surface area contributed by atoms with Crippen molar-refractivity contribution in [2.45, 2.75) is 52.0 Å². The number of hydrogen-bond donors (Lipinski definition) is 1. The third-order valence-electron chi connectivity index (χ3n) is 3.89. The van der Waals surface area contributed by atoms with Crippen molar-refractivity contribution in [3.63, 3.8) is 0 Å². The van der Waals surface area contributed by atoms with E-state index in [1.54, 1.807) is 0 Å². The van der Waals surface area contributed by atoms with Crippen LogP contribution in [0.2, 0.25) is 0 Å². The first-order valence-corrected chi connectivity index (χ1v) is 5.54. The van der Waals surface area contributed by atoms with Gasteiger partial charge in [-0.25, -0.2) is 0 Å². The number of nitrogens with one attached hydrogen (secondary N) is 1. The molecule has 0 saturated heterocycles. The Kier molecular flexibility index (Phi) is 2.16. The Balaban J connectivity index is 1.62. The van der Waals surface area contributed by atoms with Gasteiger partial charge in [0.15, 0.2) is 0 Å². The van der Waals surface area contributed by atoms with E-state index >= 15 is 0 Å². The van der Waals surface area contributed by atoms with Gasteiger partial charge in [0.05, 0.1) is 0 Å². The second-order valence-corrected chi connectivity index (χ2v) is 4.71. The fourth-order valence-corrected chi connectivity index (χ4v) is 2.24. The molecule has 0 amide bonds. The highest BCUT2D eigenvalue weighted by molar-refractivity contribution is 5.17. The monoisotopic (exact) mass is 167 g/mol. The molecular weight excluding hydrogens is 146 g/mol. The van der Waals surface area contributed by atoms with E-state index in [1.165, 1.54) is 38.6 Å². The Morgan fingerprint density at radius 1 is 1.33 bits per heavy atom. The molecule has 1 atom stereocenters. The normalized spacial score (nSPS) is 29.8. The van der Waals surface area contributed by atoms with E-state index in [9.17, 15) is 0 Å². The van der Waals surface area contributed by atoms with Gasteiger partial charge >= 0.3 is 0 Å². The molecule has 1 spiro atoms. The van der Waals surface area contributed by atoms with Crippen LogP contribution in [0.1, 0.15) is 46.0 Å². The second kappa shape index (κ2) is 3.02. The van der Waals surface area contributed by atoms with Gasteiger partial charge in [0, 0.05) is 6.04 Å². The first kappa shape index (κ1) is 8.55. The Morgan fingerprint density at radius 3 is 2.42 bits per heavy atom. The van der Waals surface area contributed by atoms with Crippen LogP contribution in [0.3, 0.4) is 0 Å². The lowest BCUT2D eigenvalue weighted by atomic mass is 10.0. The molecule has 2 fully saturated rings. The van der Waals surface area contributed by atoms with Crippen LogP contribution in [-0.2, 0) is 0 Å². The summed E-state index contributed by atoms with van der Waals surface area (Å²) in [5, 5.41) is 3.71. The summed E-state index contributed by atoms with van der Waals surface area (Å²) < 4.78 is 0. The van der Waals surface area contributed by atoms with E-state index in [-0.39, 0.29) is 0 Å². The van der Waals surface area contributed by atoms with Gasteiger partial charge < -0.3 is 5.32 Å². The third-order valence-corrected chi connectivity index (χ3v) is 3.89. The zero-order valence-electron chi connectivity index (χ0n) is 8.40. The van der Waals surface area contributed by atoms with Gasteiger partial charge in [-0.2, -0.15) is 0 Å². The molecule has 1 nitrogen and oxygen atoms in total. The minimum absolute atomic E-state index is 0.839. The molecule has 12 heavy (non-hydrogen) atoms. The highest BCUT2D eigenvalue weighted by Crippen LogP contribution is 2.65. The van der Waals surface area contributed by atoms with Gasteiger partial charge in [0.2, 0.25) is 0 Å². The fraction of sp³-hybridized carbons (Fsp3) is 1.00. The van der Waals surface area contributed by atoms with Crippen LogP contribution in [0, 0.1) is 11.3 Å². The summed E-state index contributed by atoms with van der Waals surface area (Å²) in [6.45, 7) is 5.87. The molecule has 0 heterocycles. The van der Waals surface area contributed by atoms with Crippen LogP contribution < -0.4 is 5.32 Å². The van der Waals surface area contributed by atoms with E-state index in [4.69, 9.17) is 0 Å². The summed E-state index contributed by atoms with van der Waals surface area (Å²) in [7, 11) is 0. The molecule has 1 N–H and O–H groups in total. The molecular formula is C11H21N. The van der Waals surface area contributed by atoms with Gasteiger partial charge in [-0.15, -0.1) is 0 Å². The van der Waals surface area contributed by atoms with Crippen LogP contribution in [0.5, 0.6) is 0 Å².